The number of hydrogen-bond acceptors (Lipinski definition) is 5. The van der Waals surface area contributed by atoms with Crippen molar-refractivity contribution in [3.63, 3.8) is 0 Å². The maximum absolute atomic E-state index is 12.4. The van der Waals surface area contributed by atoms with E-state index in [4.69, 9.17) is 9.47 Å². The number of carbonyl (C=O) groups is 1. The molecule has 0 saturated heterocycles. The molecule has 0 aliphatic carbocycles. The molecule has 2 aliphatic heterocycles. The fraction of sp³-hybridized carbons (Fsp3) is 0.650. The molecule has 0 radical (unpaired) electrons. The molecule has 2 heterocycles. The molecular weight excluding hydrogens is 332 g/mol. The predicted octanol–water partition coefficient (Wildman–Crippen LogP) is 2.60. The van der Waals surface area contributed by atoms with E-state index in [-0.39, 0.29) is 12.2 Å². The Morgan fingerprint density at radius 2 is 1.88 bits per heavy atom. The molecule has 2 aliphatic rings. The largest absolute Gasteiger partial charge is 0.490 e. The van der Waals surface area contributed by atoms with Crippen LogP contribution in [0, 0.1) is 0 Å². The minimum Gasteiger partial charge on any atom is -0.490 e. The Morgan fingerprint density at radius 3 is 2.50 bits per heavy atom. The number of fused-ring (bicyclic) bond motifs is 2. The van der Waals surface area contributed by atoms with Crippen LogP contribution in [-0.2, 0) is 17.6 Å². The first-order valence-corrected chi connectivity index (χ1v) is 9.42. The van der Waals surface area contributed by atoms with Crippen molar-refractivity contribution in [3.8, 4) is 5.75 Å². The van der Waals surface area contributed by atoms with Crippen LogP contribution < -0.4 is 9.64 Å². The average molecular weight is 362 g/mol. The van der Waals surface area contributed by atoms with Gasteiger partial charge in [0.2, 0.25) is 0 Å². The van der Waals surface area contributed by atoms with Gasteiger partial charge in [0.15, 0.2) is 0 Å². The van der Waals surface area contributed by atoms with E-state index in [0.717, 1.165) is 30.8 Å². The number of nitrogens with zero attached hydrogens (tertiary/aromatic N) is 2. The number of aliphatic hydroxyl groups excluding tert-OH is 1. The molecule has 0 aromatic heterocycles. The molecule has 0 fully saturated rings. The predicted molar refractivity (Wildman–Crippen MR) is 101 cm³/mol. The summed E-state index contributed by atoms with van der Waals surface area (Å²) in [5.41, 5.74) is 3.04. The summed E-state index contributed by atoms with van der Waals surface area (Å²) in [6.07, 6.45) is 0.955. The molecule has 144 valence electrons. The molecule has 26 heavy (non-hydrogen) atoms. The van der Waals surface area contributed by atoms with Crippen molar-refractivity contribution in [1.82, 2.24) is 4.90 Å². The maximum Gasteiger partial charge on any atom is 0.410 e. The Balaban J connectivity index is 1.77. The Morgan fingerprint density at radius 1 is 1.23 bits per heavy atom. The summed E-state index contributed by atoms with van der Waals surface area (Å²) in [5, 5.41) is 9.76. The van der Waals surface area contributed by atoms with E-state index in [2.05, 4.69) is 17.0 Å². The van der Waals surface area contributed by atoms with Gasteiger partial charge in [-0.1, -0.05) is 0 Å². The number of carbonyl (C=O) groups excluding carboxylic acids is 1. The summed E-state index contributed by atoms with van der Waals surface area (Å²) in [5.74, 6) is 0.876. The minimum atomic E-state index is -0.481. The molecule has 0 bridgehead atoms. The minimum absolute atomic E-state index is 0.248. The number of aliphatic hydroxyl groups is 1. The zero-order valence-corrected chi connectivity index (χ0v) is 16.2. The van der Waals surface area contributed by atoms with Gasteiger partial charge in [-0.3, -0.25) is 0 Å². The zero-order valence-electron chi connectivity index (χ0n) is 16.2. The molecule has 1 atom stereocenters. The van der Waals surface area contributed by atoms with Crippen LogP contribution in [0.1, 0.15) is 38.8 Å². The molecule has 6 heteroatoms. The van der Waals surface area contributed by atoms with Gasteiger partial charge in [-0.25, -0.2) is 4.79 Å². The van der Waals surface area contributed by atoms with Crippen LogP contribution in [0.15, 0.2) is 12.1 Å². The van der Waals surface area contributed by atoms with Gasteiger partial charge in [0.1, 0.15) is 18.0 Å². The van der Waals surface area contributed by atoms with Gasteiger partial charge < -0.3 is 24.4 Å². The lowest BCUT2D eigenvalue weighted by atomic mass is 10.0. The van der Waals surface area contributed by atoms with Crippen molar-refractivity contribution < 1.29 is 19.4 Å². The van der Waals surface area contributed by atoms with E-state index >= 15 is 0 Å². The van der Waals surface area contributed by atoms with Crippen LogP contribution in [0.4, 0.5) is 10.5 Å². The van der Waals surface area contributed by atoms with Crippen LogP contribution in [0.2, 0.25) is 0 Å². The first-order valence-electron chi connectivity index (χ1n) is 9.42. The highest BCUT2D eigenvalue weighted by Crippen LogP contribution is 2.36. The second kappa shape index (κ2) is 7.35. The van der Waals surface area contributed by atoms with E-state index in [1.165, 1.54) is 11.1 Å². The topological polar surface area (TPSA) is 62.2 Å². The van der Waals surface area contributed by atoms with E-state index in [1.807, 2.05) is 20.8 Å². The number of anilines is 1. The van der Waals surface area contributed by atoms with Gasteiger partial charge in [-0.05, 0) is 63.8 Å². The molecule has 1 aromatic rings. The third kappa shape index (κ3) is 4.41. The quantitative estimate of drug-likeness (QED) is 0.876. The Kier molecular flexibility index (Phi) is 5.32. The molecule has 1 amide bonds. The third-order valence-electron chi connectivity index (χ3n) is 4.68. The smallest absolute Gasteiger partial charge is 0.410 e. The maximum atomic E-state index is 12.4. The number of amides is 1. The van der Waals surface area contributed by atoms with E-state index in [1.54, 1.807) is 11.8 Å². The molecule has 1 aromatic carbocycles. The summed E-state index contributed by atoms with van der Waals surface area (Å²) in [6, 6.07) is 4.28. The molecule has 0 spiro atoms. The fourth-order valence-corrected chi connectivity index (χ4v) is 3.51. The average Bonchev–Trinajstić information content (AvgIpc) is 2.73. The SMILES string of the molecule is C[C@@H](O)CN1CCOc2cc3c(cc21)CCN(C(=O)OC(C)(C)C)CC3. The number of ether oxygens (including phenoxy) is 2. The fourth-order valence-electron chi connectivity index (χ4n) is 3.51. The van der Waals surface area contributed by atoms with Gasteiger partial charge in [-0.15, -0.1) is 0 Å². The van der Waals surface area contributed by atoms with Crippen LogP contribution in [0.25, 0.3) is 0 Å². The lowest BCUT2D eigenvalue weighted by molar-refractivity contribution is 0.0258. The van der Waals surface area contributed by atoms with E-state index in [0.29, 0.717) is 26.2 Å². The number of hydrogen-bond donors (Lipinski definition) is 1. The molecule has 3 rings (SSSR count). The van der Waals surface area contributed by atoms with Crippen LogP contribution in [0.5, 0.6) is 5.75 Å². The monoisotopic (exact) mass is 362 g/mol. The Hall–Kier alpha value is -1.95. The highest BCUT2D eigenvalue weighted by Gasteiger charge is 2.26. The molecular formula is C20H30N2O4. The second-order valence-corrected chi connectivity index (χ2v) is 8.20. The van der Waals surface area contributed by atoms with Crippen molar-refractivity contribution in [2.24, 2.45) is 0 Å². The highest BCUT2D eigenvalue weighted by molar-refractivity contribution is 5.69. The standard InChI is InChI=1S/C20H30N2O4/c1-14(23)13-22-9-10-25-18-12-16-6-8-21(19(24)26-20(2,3)4)7-5-15(16)11-17(18)22/h11-12,14,23H,5-10,13H2,1-4H3/t14-/m1/s1. The lowest BCUT2D eigenvalue weighted by Gasteiger charge is -2.33. The van der Waals surface area contributed by atoms with Crippen molar-refractivity contribution in [3.05, 3.63) is 23.3 Å². The van der Waals surface area contributed by atoms with Crippen LogP contribution in [-0.4, -0.2) is 60.6 Å². The zero-order chi connectivity index (χ0) is 18.9. The van der Waals surface area contributed by atoms with Gasteiger partial charge in [0.25, 0.3) is 0 Å². The summed E-state index contributed by atoms with van der Waals surface area (Å²) in [7, 11) is 0. The van der Waals surface area contributed by atoms with Crippen LogP contribution >= 0.6 is 0 Å². The Labute approximate surface area is 155 Å². The number of β-amino-alcohol motifs (C(OH)–C–C–N with tert-alkyl or cyclic N) is 1. The first-order chi connectivity index (χ1) is 12.2. The van der Waals surface area contributed by atoms with Crippen molar-refractivity contribution >= 4 is 11.8 Å². The highest BCUT2D eigenvalue weighted by atomic mass is 16.6. The summed E-state index contributed by atoms with van der Waals surface area (Å²) >= 11 is 0. The van der Waals surface area contributed by atoms with E-state index < -0.39 is 5.60 Å². The first kappa shape index (κ1) is 18.8. The van der Waals surface area contributed by atoms with Gasteiger partial charge in [0.05, 0.1) is 18.3 Å². The van der Waals surface area contributed by atoms with Crippen LogP contribution in [0.3, 0.4) is 0 Å². The molecule has 0 unspecified atom stereocenters. The molecule has 6 nitrogen and oxygen atoms in total. The van der Waals surface area contributed by atoms with Crippen molar-refractivity contribution in [1.29, 1.82) is 0 Å². The molecule has 1 N–H and O–H groups in total. The van der Waals surface area contributed by atoms with E-state index in [9.17, 15) is 9.90 Å². The number of rotatable bonds is 2. The number of benzene rings is 1. The summed E-state index contributed by atoms with van der Waals surface area (Å²) in [4.78, 5) is 16.4. The Bertz CT molecular complexity index is 667. The third-order valence-corrected chi connectivity index (χ3v) is 4.68. The summed E-state index contributed by atoms with van der Waals surface area (Å²) in [6.45, 7) is 10.8. The second-order valence-electron chi connectivity index (χ2n) is 8.20. The molecule has 0 saturated carbocycles. The van der Waals surface area contributed by atoms with Gasteiger partial charge >= 0.3 is 6.09 Å². The normalized spacial score (nSPS) is 18.3. The lowest BCUT2D eigenvalue weighted by Crippen LogP contribution is -2.38. The van der Waals surface area contributed by atoms with Crippen molar-refractivity contribution in [2.45, 2.75) is 52.2 Å². The van der Waals surface area contributed by atoms with Gasteiger partial charge in [0, 0.05) is 19.6 Å². The van der Waals surface area contributed by atoms with Crippen molar-refractivity contribution in [2.75, 3.05) is 37.7 Å². The summed E-state index contributed by atoms with van der Waals surface area (Å²) < 4.78 is 11.4. The van der Waals surface area contributed by atoms with Gasteiger partial charge in [-0.2, -0.15) is 0 Å².